The van der Waals surface area contributed by atoms with E-state index in [0.29, 0.717) is 17.7 Å². The molecule has 4 heteroatoms. The number of aliphatic hydroxyl groups is 1. The molecule has 2 heterocycles. The Morgan fingerprint density at radius 3 is 3.00 bits per heavy atom. The lowest BCUT2D eigenvalue weighted by Gasteiger charge is -2.59. The lowest BCUT2D eigenvalue weighted by Crippen LogP contribution is -2.61. The first-order valence-electron chi connectivity index (χ1n) is 10.5. The summed E-state index contributed by atoms with van der Waals surface area (Å²) in [6.45, 7) is 2.09. The van der Waals surface area contributed by atoms with E-state index in [4.69, 9.17) is 0 Å². The predicted octanol–water partition coefficient (Wildman–Crippen LogP) is 4.64. The molecule has 2 N–H and O–H groups in total. The van der Waals surface area contributed by atoms with Gasteiger partial charge >= 0.3 is 0 Å². The van der Waals surface area contributed by atoms with E-state index in [1.165, 1.54) is 43.2 Å². The van der Waals surface area contributed by atoms with Gasteiger partial charge in [-0.05, 0) is 79.3 Å². The van der Waals surface area contributed by atoms with Crippen LogP contribution in [0.5, 0.6) is 5.75 Å². The van der Waals surface area contributed by atoms with Crippen molar-refractivity contribution in [3.63, 3.8) is 0 Å². The first-order chi connectivity index (χ1) is 13.2. The van der Waals surface area contributed by atoms with Crippen molar-refractivity contribution in [3.05, 3.63) is 51.7 Å². The summed E-state index contributed by atoms with van der Waals surface area (Å²) in [7, 11) is 0. The zero-order valence-corrected chi connectivity index (χ0v) is 16.6. The van der Waals surface area contributed by atoms with Crippen LogP contribution in [0, 0.1) is 5.92 Å². The van der Waals surface area contributed by atoms with E-state index in [0.717, 1.165) is 30.8 Å². The summed E-state index contributed by atoms with van der Waals surface area (Å²) in [5.74, 6) is 1.13. The van der Waals surface area contributed by atoms with Crippen LogP contribution in [0.1, 0.15) is 60.6 Å². The topological polar surface area (TPSA) is 43.7 Å². The molecule has 2 aliphatic carbocycles. The maximum Gasteiger partial charge on any atom is 0.115 e. The standard InChI is InChI=1S/C23H29NO2S/c25-17-7-6-16-14-20-18-4-1-2-9-23(18,19(16)15-17)10-12-24(20)11-8-21(26)22-5-3-13-27-22/h3,5-7,13,15,18,20-21,25-26H,1-2,4,8-12,14H2/t18-,20+,21?,23+/m0/s1. The first kappa shape index (κ1) is 17.7. The summed E-state index contributed by atoms with van der Waals surface area (Å²) in [6, 6.07) is 10.7. The van der Waals surface area contributed by atoms with Crippen molar-refractivity contribution in [2.24, 2.45) is 5.92 Å². The number of hydrogen-bond donors (Lipinski definition) is 2. The second kappa shape index (κ2) is 6.91. The Morgan fingerprint density at radius 1 is 1.22 bits per heavy atom. The number of thiophene rings is 1. The molecule has 1 saturated heterocycles. The van der Waals surface area contributed by atoms with Gasteiger partial charge in [0.1, 0.15) is 5.75 Å². The number of piperidine rings is 1. The molecule has 0 radical (unpaired) electrons. The molecule has 0 amide bonds. The second-order valence-corrected chi connectivity index (χ2v) is 9.71. The highest BCUT2D eigenvalue weighted by molar-refractivity contribution is 7.10. The zero-order valence-electron chi connectivity index (χ0n) is 15.8. The Balaban J connectivity index is 1.40. The van der Waals surface area contributed by atoms with Gasteiger partial charge in [0.25, 0.3) is 0 Å². The third kappa shape index (κ3) is 2.93. The lowest BCUT2D eigenvalue weighted by molar-refractivity contribution is -0.0170. The minimum absolute atomic E-state index is 0.276. The van der Waals surface area contributed by atoms with Crippen LogP contribution in [0.25, 0.3) is 0 Å². The summed E-state index contributed by atoms with van der Waals surface area (Å²) in [5, 5.41) is 22.7. The summed E-state index contributed by atoms with van der Waals surface area (Å²) < 4.78 is 0. The maximum absolute atomic E-state index is 10.5. The van der Waals surface area contributed by atoms with E-state index in [1.807, 2.05) is 23.6 Å². The highest BCUT2D eigenvalue weighted by Gasteiger charge is 2.53. The molecule has 27 heavy (non-hydrogen) atoms. The largest absolute Gasteiger partial charge is 0.508 e. The van der Waals surface area contributed by atoms with Gasteiger partial charge < -0.3 is 10.2 Å². The SMILES string of the molecule is Oc1ccc2c(c1)[C@@]13CCCC[C@H]1[C@@H](C2)N(CCC(O)c1cccs1)CC3. The second-order valence-electron chi connectivity index (χ2n) is 8.73. The number of aliphatic hydroxyl groups excluding tert-OH is 1. The van der Waals surface area contributed by atoms with Gasteiger partial charge in [-0.2, -0.15) is 0 Å². The molecule has 3 nitrogen and oxygen atoms in total. The van der Waals surface area contributed by atoms with Crippen LogP contribution >= 0.6 is 11.3 Å². The fraction of sp³-hybridized carbons (Fsp3) is 0.565. The van der Waals surface area contributed by atoms with Gasteiger partial charge in [0.05, 0.1) is 6.10 Å². The third-order valence-corrected chi connectivity index (χ3v) is 8.47. The van der Waals surface area contributed by atoms with Gasteiger partial charge in [0.15, 0.2) is 0 Å². The molecule has 1 aromatic carbocycles. The van der Waals surface area contributed by atoms with Gasteiger partial charge in [0.2, 0.25) is 0 Å². The molecule has 2 bridgehead atoms. The Morgan fingerprint density at radius 2 is 2.15 bits per heavy atom. The predicted molar refractivity (Wildman–Crippen MR) is 109 cm³/mol. The van der Waals surface area contributed by atoms with E-state index in [1.54, 1.807) is 11.3 Å². The van der Waals surface area contributed by atoms with E-state index in [9.17, 15) is 10.2 Å². The Kier molecular flexibility index (Phi) is 4.53. The van der Waals surface area contributed by atoms with Crippen LogP contribution < -0.4 is 0 Å². The molecule has 1 aliphatic heterocycles. The number of nitrogens with zero attached hydrogens (tertiary/aromatic N) is 1. The molecule has 1 saturated carbocycles. The molecular formula is C23H29NO2S. The van der Waals surface area contributed by atoms with Crippen LogP contribution in [0.3, 0.4) is 0 Å². The first-order valence-corrected chi connectivity index (χ1v) is 11.3. The minimum Gasteiger partial charge on any atom is -0.508 e. The average molecular weight is 384 g/mol. The quantitative estimate of drug-likeness (QED) is 0.809. The molecule has 1 aromatic heterocycles. The number of hydrogen-bond acceptors (Lipinski definition) is 4. The fourth-order valence-corrected chi connectivity index (χ4v) is 7.01. The van der Waals surface area contributed by atoms with Crippen LogP contribution in [-0.4, -0.2) is 34.2 Å². The zero-order chi connectivity index (χ0) is 18.4. The lowest BCUT2D eigenvalue weighted by atomic mass is 9.52. The van der Waals surface area contributed by atoms with Gasteiger partial charge in [-0.25, -0.2) is 0 Å². The van der Waals surface area contributed by atoms with Crippen molar-refractivity contribution < 1.29 is 10.2 Å². The fourth-order valence-electron chi connectivity index (χ4n) is 6.26. The van der Waals surface area contributed by atoms with Crippen LogP contribution in [-0.2, 0) is 11.8 Å². The van der Waals surface area contributed by atoms with Crippen molar-refractivity contribution >= 4 is 11.3 Å². The van der Waals surface area contributed by atoms with E-state index < -0.39 is 0 Å². The Hall–Kier alpha value is -1.36. The van der Waals surface area contributed by atoms with Crippen molar-refractivity contribution in [2.75, 3.05) is 13.1 Å². The smallest absolute Gasteiger partial charge is 0.115 e. The number of likely N-dealkylation sites (tertiary alicyclic amines) is 1. The van der Waals surface area contributed by atoms with Crippen molar-refractivity contribution in [1.29, 1.82) is 0 Å². The molecule has 3 aliphatic rings. The summed E-state index contributed by atoms with van der Waals surface area (Å²) in [6.07, 6.45) is 8.00. The van der Waals surface area contributed by atoms with Gasteiger partial charge in [-0.15, -0.1) is 11.3 Å². The van der Waals surface area contributed by atoms with Crippen LogP contribution in [0.2, 0.25) is 0 Å². The molecule has 1 unspecified atom stereocenters. The average Bonchev–Trinajstić information content (AvgIpc) is 3.22. The van der Waals surface area contributed by atoms with Gasteiger partial charge in [-0.1, -0.05) is 25.0 Å². The third-order valence-electron chi connectivity index (χ3n) is 7.50. The van der Waals surface area contributed by atoms with Crippen LogP contribution in [0.4, 0.5) is 0 Å². The molecular weight excluding hydrogens is 354 g/mol. The Labute approximate surface area is 165 Å². The normalized spacial score (nSPS) is 31.1. The number of rotatable bonds is 4. The number of benzene rings is 1. The summed E-state index contributed by atoms with van der Waals surface area (Å²) in [4.78, 5) is 3.75. The van der Waals surface area contributed by atoms with Crippen LogP contribution in [0.15, 0.2) is 35.7 Å². The molecule has 2 fully saturated rings. The highest BCUT2D eigenvalue weighted by Crippen LogP contribution is 2.56. The number of phenolic OH excluding ortho intramolecular Hbond substituents is 1. The monoisotopic (exact) mass is 383 g/mol. The molecule has 2 aromatic rings. The van der Waals surface area contributed by atoms with Gasteiger partial charge in [0, 0.05) is 22.9 Å². The Bertz CT molecular complexity index is 805. The minimum atomic E-state index is -0.337. The van der Waals surface area contributed by atoms with Crippen molar-refractivity contribution in [3.8, 4) is 5.75 Å². The number of fused-ring (bicyclic) bond motifs is 1. The molecule has 0 spiro atoms. The van der Waals surface area contributed by atoms with Gasteiger partial charge in [-0.3, -0.25) is 4.90 Å². The van der Waals surface area contributed by atoms with E-state index >= 15 is 0 Å². The summed E-state index contributed by atoms with van der Waals surface area (Å²) >= 11 is 1.65. The number of phenols is 1. The summed E-state index contributed by atoms with van der Waals surface area (Å²) in [5.41, 5.74) is 3.17. The molecule has 4 atom stereocenters. The van der Waals surface area contributed by atoms with Crippen molar-refractivity contribution in [1.82, 2.24) is 4.90 Å². The highest BCUT2D eigenvalue weighted by atomic mass is 32.1. The molecule has 144 valence electrons. The van der Waals surface area contributed by atoms with E-state index in [-0.39, 0.29) is 11.5 Å². The molecule has 5 rings (SSSR count). The maximum atomic E-state index is 10.5. The van der Waals surface area contributed by atoms with Crippen molar-refractivity contribution in [2.45, 2.75) is 62.5 Å². The number of aromatic hydroxyl groups is 1. The van der Waals surface area contributed by atoms with E-state index in [2.05, 4.69) is 17.0 Å².